The Kier molecular flexibility index (Phi) is 3.06. The summed E-state index contributed by atoms with van der Waals surface area (Å²) in [7, 11) is 0. The quantitative estimate of drug-likeness (QED) is 0.484. The Hall–Kier alpha value is -0.600. The molecule has 3 heteroatoms. The van der Waals surface area contributed by atoms with Crippen molar-refractivity contribution in [3.63, 3.8) is 0 Å². The molecular formula is C9H17NO2. The predicted octanol–water partition coefficient (Wildman–Crippen LogP) is 2.62. The zero-order valence-electron chi connectivity index (χ0n) is 7.71. The van der Waals surface area contributed by atoms with Crippen LogP contribution < -0.4 is 0 Å². The van der Waals surface area contributed by atoms with Crippen LogP contribution >= 0.6 is 0 Å². The van der Waals surface area contributed by atoms with E-state index in [-0.39, 0.29) is 16.9 Å². The van der Waals surface area contributed by atoms with Gasteiger partial charge in [0.1, 0.15) is 0 Å². The van der Waals surface area contributed by atoms with E-state index in [0.717, 1.165) is 19.3 Å². The Balaban J connectivity index is 2.53. The van der Waals surface area contributed by atoms with Crippen molar-refractivity contribution in [1.29, 1.82) is 0 Å². The van der Waals surface area contributed by atoms with Gasteiger partial charge in [0, 0.05) is 10.3 Å². The van der Waals surface area contributed by atoms with Crippen LogP contribution in [-0.4, -0.2) is 11.5 Å². The van der Waals surface area contributed by atoms with Crippen LogP contribution in [0.4, 0.5) is 0 Å². The molecule has 1 rings (SSSR count). The van der Waals surface area contributed by atoms with E-state index in [1.54, 1.807) is 0 Å². The lowest BCUT2D eigenvalue weighted by Gasteiger charge is -2.32. The molecule has 70 valence electrons. The van der Waals surface area contributed by atoms with Crippen LogP contribution in [0, 0.1) is 15.5 Å². The molecule has 0 radical (unpaired) electrons. The van der Waals surface area contributed by atoms with Gasteiger partial charge in [0.05, 0.1) is 0 Å². The molecule has 0 spiro atoms. The van der Waals surface area contributed by atoms with E-state index < -0.39 is 0 Å². The van der Waals surface area contributed by atoms with Crippen LogP contribution in [0.15, 0.2) is 0 Å². The minimum Gasteiger partial charge on any atom is -0.265 e. The lowest BCUT2D eigenvalue weighted by Crippen LogP contribution is -2.31. The van der Waals surface area contributed by atoms with Crippen molar-refractivity contribution in [3.05, 3.63) is 10.1 Å². The molecule has 0 N–H and O–H groups in total. The van der Waals surface area contributed by atoms with Gasteiger partial charge in [-0.25, -0.2) is 0 Å². The Morgan fingerprint density at radius 3 is 2.33 bits per heavy atom. The maximum absolute atomic E-state index is 10.4. The van der Waals surface area contributed by atoms with Crippen LogP contribution in [0.5, 0.6) is 0 Å². The lowest BCUT2D eigenvalue weighted by molar-refractivity contribution is -0.499. The molecule has 1 aliphatic carbocycles. The Morgan fingerprint density at radius 1 is 1.33 bits per heavy atom. The average Bonchev–Trinajstić information content (AvgIpc) is 2.05. The maximum Gasteiger partial charge on any atom is 0.209 e. The van der Waals surface area contributed by atoms with Crippen LogP contribution in [-0.2, 0) is 0 Å². The fraction of sp³-hybridized carbons (Fsp3) is 1.00. The van der Waals surface area contributed by atoms with E-state index in [9.17, 15) is 10.1 Å². The molecule has 0 aromatic carbocycles. The fourth-order valence-corrected chi connectivity index (χ4v) is 2.20. The molecule has 0 saturated heterocycles. The topological polar surface area (TPSA) is 43.1 Å². The molecule has 1 fully saturated rings. The van der Waals surface area contributed by atoms with E-state index in [1.165, 1.54) is 19.3 Å². The Morgan fingerprint density at radius 2 is 1.92 bits per heavy atom. The van der Waals surface area contributed by atoms with E-state index in [1.807, 2.05) is 0 Å². The third-order valence-electron chi connectivity index (χ3n) is 3.13. The minimum absolute atomic E-state index is 0.0434. The monoisotopic (exact) mass is 171 g/mol. The second-order valence-corrected chi connectivity index (χ2v) is 3.91. The molecule has 0 bridgehead atoms. The number of nitro groups is 1. The normalized spacial score (nSPS) is 22.1. The molecule has 1 saturated carbocycles. The van der Waals surface area contributed by atoms with Crippen molar-refractivity contribution < 1.29 is 4.92 Å². The van der Waals surface area contributed by atoms with Gasteiger partial charge in [-0.05, 0) is 19.3 Å². The van der Waals surface area contributed by atoms with Crippen molar-refractivity contribution in [2.24, 2.45) is 5.41 Å². The van der Waals surface area contributed by atoms with Gasteiger partial charge in [0.2, 0.25) is 6.54 Å². The molecule has 0 atom stereocenters. The third kappa shape index (κ3) is 2.19. The lowest BCUT2D eigenvalue weighted by atomic mass is 9.72. The number of hydrogen-bond acceptors (Lipinski definition) is 2. The van der Waals surface area contributed by atoms with Crippen molar-refractivity contribution in [2.45, 2.75) is 45.4 Å². The Labute approximate surface area is 73.3 Å². The highest BCUT2D eigenvalue weighted by atomic mass is 16.6. The van der Waals surface area contributed by atoms with E-state index in [4.69, 9.17) is 0 Å². The molecule has 0 aromatic rings. The van der Waals surface area contributed by atoms with Crippen LogP contribution in [0.1, 0.15) is 45.4 Å². The molecule has 1 aliphatic rings. The van der Waals surface area contributed by atoms with E-state index >= 15 is 0 Å². The van der Waals surface area contributed by atoms with Gasteiger partial charge in [-0.15, -0.1) is 0 Å². The smallest absolute Gasteiger partial charge is 0.209 e. The zero-order valence-corrected chi connectivity index (χ0v) is 7.71. The minimum atomic E-state index is -0.144. The van der Waals surface area contributed by atoms with E-state index in [2.05, 4.69) is 6.92 Å². The van der Waals surface area contributed by atoms with Crippen molar-refractivity contribution in [3.8, 4) is 0 Å². The van der Waals surface area contributed by atoms with Crippen molar-refractivity contribution in [1.82, 2.24) is 0 Å². The number of rotatable bonds is 3. The SMILES string of the molecule is CCC1(C[N+](=O)[O-])CCCCC1. The fourth-order valence-electron chi connectivity index (χ4n) is 2.20. The first kappa shape index (κ1) is 9.49. The highest BCUT2D eigenvalue weighted by Crippen LogP contribution is 2.38. The van der Waals surface area contributed by atoms with Crippen LogP contribution in [0.25, 0.3) is 0 Å². The van der Waals surface area contributed by atoms with E-state index in [0.29, 0.717) is 0 Å². The summed E-state index contributed by atoms with van der Waals surface area (Å²) in [6.45, 7) is 2.26. The highest BCUT2D eigenvalue weighted by molar-refractivity contribution is 4.80. The van der Waals surface area contributed by atoms with Gasteiger partial charge in [-0.3, -0.25) is 10.1 Å². The summed E-state index contributed by atoms with van der Waals surface area (Å²) >= 11 is 0. The van der Waals surface area contributed by atoms with Gasteiger partial charge in [-0.1, -0.05) is 26.2 Å². The highest BCUT2D eigenvalue weighted by Gasteiger charge is 2.34. The maximum atomic E-state index is 10.4. The molecule has 0 amide bonds. The standard InChI is InChI=1S/C9H17NO2/c1-2-9(8-10(11)12)6-4-3-5-7-9/h2-8H2,1H3. The summed E-state index contributed by atoms with van der Waals surface area (Å²) in [5.74, 6) is 0. The molecule has 0 aliphatic heterocycles. The van der Waals surface area contributed by atoms with Gasteiger partial charge in [0.25, 0.3) is 0 Å². The third-order valence-corrected chi connectivity index (χ3v) is 3.13. The van der Waals surface area contributed by atoms with Crippen LogP contribution in [0.3, 0.4) is 0 Å². The second-order valence-electron chi connectivity index (χ2n) is 3.91. The summed E-state index contributed by atoms with van der Waals surface area (Å²) in [6, 6.07) is 0. The first-order valence-electron chi connectivity index (χ1n) is 4.80. The molecule has 3 nitrogen and oxygen atoms in total. The second kappa shape index (κ2) is 3.87. The first-order chi connectivity index (χ1) is 5.68. The Bertz CT molecular complexity index is 162. The summed E-state index contributed by atoms with van der Waals surface area (Å²) in [6.07, 6.45) is 6.71. The molecule has 0 aromatic heterocycles. The zero-order chi connectivity index (χ0) is 9.03. The van der Waals surface area contributed by atoms with Crippen molar-refractivity contribution >= 4 is 0 Å². The number of hydrogen-bond donors (Lipinski definition) is 0. The molecule has 0 unspecified atom stereocenters. The predicted molar refractivity (Wildman–Crippen MR) is 47.7 cm³/mol. The first-order valence-corrected chi connectivity index (χ1v) is 4.80. The summed E-state index contributed by atoms with van der Waals surface area (Å²) in [4.78, 5) is 10.3. The van der Waals surface area contributed by atoms with Crippen LogP contribution in [0.2, 0.25) is 0 Å². The molecule has 0 heterocycles. The largest absolute Gasteiger partial charge is 0.265 e. The average molecular weight is 171 g/mol. The van der Waals surface area contributed by atoms with Gasteiger partial charge < -0.3 is 0 Å². The number of nitrogens with zero attached hydrogens (tertiary/aromatic N) is 1. The summed E-state index contributed by atoms with van der Waals surface area (Å²) in [5.41, 5.74) is 0.0434. The summed E-state index contributed by atoms with van der Waals surface area (Å²) < 4.78 is 0. The van der Waals surface area contributed by atoms with Gasteiger partial charge in [-0.2, -0.15) is 0 Å². The summed E-state index contributed by atoms with van der Waals surface area (Å²) in [5, 5.41) is 10.4. The van der Waals surface area contributed by atoms with Gasteiger partial charge in [0.15, 0.2) is 0 Å². The molecular weight excluding hydrogens is 154 g/mol. The van der Waals surface area contributed by atoms with Crippen molar-refractivity contribution in [2.75, 3.05) is 6.54 Å². The van der Waals surface area contributed by atoms with Gasteiger partial charge >= 0.3 is 0 Å². The molecule has 12 heavy (non-hydrogen) atoms.